The molecule has 2 aliphatic rings. The maximum absolute atomic E-state index is 2.30. The van der Waals surface area contributed by atoms with E-state index in [2.05, 4.69) is 36.5 Å². The van der Waals surface area contributed by atoms with Crippen LogP contribution in [0.15, 0.2) is 44.5 Å². The van der Waals surface area contributed by atoms with E-state index in [1.807, 2.05) is 0 Å². The first-order chi connectivity index (χ1) is 5.45. The second kappa shape index (κ2) is 14.1. The molecule has 6 heteroatoms. The molecular formula is C10H10Cl5Re. The molecule has 0 atom stereocenters. The van der Waals surface area contributed by atoms with E-state index in [0.717, 1.165) is 0 Å². The Kier molecular flexibility index (Phi) is 22.8. The summed E-state index contributed by atoms with van der Waals surface area (Å²) in [7, 11) is 0. The second-order valence-electron chi connectivity index (χ2n) is 2.59. The molecule has 0 aromatic carbocycles. The van der Waals surface area contributed by atoms with Gasteiger partial charge in [0.05, 0.1) is 0 Å². The maximum atomic E-state index is 2.30. The monoisotopic (exact) mass is 492 g/mol. The Morgan fingerprint density at radius 1 is 0.688 bits per heavy atom. The topological polar surface area (TPSA) is 0 Å². The molecular weight excluding hydrogens is 484 g/mol. The quantitative estimate of drug-likeness (QED) is 0.359. The van der Waals surface area contributed by atoms with Crippen LogP contribution >= 0.6 is 0 Å². The number of halogens is 5. The van der Waals surface area contributed by atoms with Gasteiger partial charge >= 0.3 is 75.4 Å². The van der Waals surface area contributed by atoms with Crippen LogP contribution < -0.4 is 62.0 Å². The van der Waals surface area contributed by atoms with Crippen molar-refractivity contribution in [1.29, 1.82) is 0 Å². The number of hydrogen-bond donors (Lipinski definition) is 0. The number of allylic oxidation sites excluding steroid dienone is 8. The zero-order valence-electron chi connectivity index (χ0n) is 8.15. The van der Waals surface area contributed by atoms with Gasteiger partial charge in [-0.05, 0) is 0 Å². The van der Waals surface area contributed by atoms with E-state index in [4.69, 9.17) is 0 Å². The van der Waals surface area contributed by atoms with Crippen LogP contribution in [-0.4, -0.2) is 0 Å². The van der Waals surface area contributed by atoms with E-state index in [0.29, 0.717) is 0 Å². The van der Waals surface area contributed by atoms with Crippen molar-refractivity contribution in [3.8, 4) is 0 Å². The van der Waals surface area contributed by atoms with Crippen molar-refractivity contribution in [2.75, 3.05) is 0 Å². The van der Waals surface area contributed by atoms with Crippen LogP contribution in [0.25, 0.3) is 0 Å². The Bertz CT molecular complexity index is 253. The summed E-state index contributed by atoms with van der Waals surface area (Å²) in [6, 6.07) is 0. The van der Waals surface area contributed by atoms with Crippen LogP contribution in [0.3, 0.4) is 0 Å². The molecule has 0 heterocycles. The third kappa shape index (κ3) is 8.21. The fraction of sp³-hybridized carbons (Fsp3) is 0.200. The molecule has 0 radical (unpaired) electrons. The van der Waals surface area contributed by atoms with Crippen molar-refractivity contribution in [2.24, 2.45) is 0 Å². The molecule has 0 bridgehead atoms. The van der Waals surface area contributed by atoms with Gasteiger partial charge in [-0.15, -0.1) is 0 Å². The van der Waals surface area contributed by atoms with Gasteiger partial charge in [0.2, 0.25) is 0 Å². The van der Waals surface area contributed by atoms with Gasteiger partial charge < -0.3 is 62.0 Å². The predicted octanol–water partition coefficient (Wildman–Crippen LogP) is -12.2. The average Bonchev–Trinajstić information content (AvgIpc) is 2.60. The average molecular weight is 494 g/mol. The Morgan fingerprint density at radius 2 is 1.06 bits per heavy atom. The van der Waals surface area contributed by atoms with Crippen molar-refractivity contribution in [1.82, 2.24) is 0 Å². The van der Waals surface area contributed by atoms with Crippen LogP contribution in [0, 0.1) is 0 Å². The van der Waals surface area contributed by atoms with Crippen LogP contribution in [-0.2, 0) is 18.0 Å². The Balaban J connectivity index is -0.000000144. The van der Waals surface area contributed by atoms with E-state index in [9.17, 15) is 0 Å². The SMILES string of the molecule is C1=CC[C]([Re+5][C]2=CC=CC2)=C1.[Cl-].[Cl-].[Cl-].[Cl-].[Cl-]. The minimum atomic E-state index is -0.160. The summed E-state index contributed by atoms with van der Waals surface area (Å²) in [5.74, 6) is 0. The Labute approximate surface area is 136 Å². The van der Waals surface area contributed by atoms with Gasteiger partial charge in [0.1, 0.15) is 0 Å². The van der Waals surface area contributed by atoms with Gasteiger partial charge in [-0.3, -0.25) is 0 Å². The third-order valence-electron chi connectivity index (χ3n) is 1.69. The summed E-state index contributed by atoms with van der Waals surface area (Å²) in [6.45, 7) is 0. The first-order valence-electron chi connectivity index (χ1n) is 3.81. The summed E-state index contributed by atoms with van der Waals surface area (Å²) in [6.07, 6.45) is 16.0. The molecule has 2 rings (SSSR count). The normalized spacial score (nSPS) is 13.8. The van der Waals surface area contributed by atoms with Crippen molar-refractivity contribution in [3.63, 3.8) is 0 Å². The summed E-state index contributed by atoms with van der Waals surface area (Å²) in [5, 5.41) is 0. The van der Waals surface area contributed by atoms with E-state index in [-0.39, 0.29) is 80.0 Å². The molecule has 0 saturated heterocycles. The van der Waals surface area contributed by atoms with Crippen LogP contribution in [0.4, 0.5) is 0 Å². The van der Waals surface area contributed by atoms with Crippen molar-refractivity contribution < 1.29 is 80.0 Å². The number of hydrogen-bond acceptors (Lipinski definition) is 0. The molecule has 0 aromatic heterocycles. The van der Waals surface area contributed by atoms with Gasteiger partial charge in [-0.25, -0.2) is 0 Å². The fourth-order valence-electron chi connectivity index (χ4n) is 1.14. The van der Waals surface area contributed by atoms with Crippen LogP contribution in [0.1, 0.15) is 12.8 Å². The van der Waals surface area contributed by atoms with Gasteiger partial charge in [0.25, 0.3) is 0 Å². The molecule has 0 aromatic rings. The Morgan fingerprint density at radius 3 is 1.31 bits per heavy atom. The van der Waals surface area contributed by atoms with E-state index < -0.39 is 0 Å². The number of rotatable bonds is 2. The van der Waals surface area contributed by atoms with Gasteiger partial charge in [-0.1, -0.05) is 0 Å². The Hall–Kier alpha value is 1.07. The molecule has 16 heavy (non-hydrogen) atoms. The van der Waals surface area contributed by atoms with E-state index >= 15 is 0 Å². The molecule has 0 N–H and O–H groups in total. The minimum absolute atomic E-state index is 0. The second-order valence-corrected chi connectivity index (χ2v) is 6.75. The molecule has 0 unspecified atom stereocenters. The molecule has 0 aliphatic heterocycles. The van der Waals surface area contributed by atoms with Crippen LogP contribution in [0.5, 0.6) is 0 Å². The standard InChI is InChI=1S/2C5H5.5ClH.Re/c2*1-2-4-5-3-1;;;;;;/h2*1-3H,4H2;5*1H;/q;;;;;;;+5/p-5. The summed E-state index contributed by atoms with van der Waals surface area (Å²) in [5.41, 5.74) is 0. The zero-order chi connectivity index (χ0) is 7.52. The molecule has 0 fully saturated rings. The molecule has 0 nitrogen and oxygen atoms in total. The van der Waals surface area contributed by atoms with Crippen molar-refractivity contribution in [3.05, 3.63) is 44.5 Å². The van der Waals surface area contributed by atoms with E-state index in [1.54, 1.807) is 8.09 Å². The van der Waals surface area contributed by atoms with Crippen LogP contribution in [0.2, 0.25) is 0 Å². The van der Waals surface area contributed by atoms with Gasteiger partial charge in [-0.2, -0.15) is 0 Å². The smallest absolute Gasteiger partial charge is 1.00 e. The molecule has 92 valence electrons. The van der Waals surface area contributed by atoms with Gasteiger partial charge in [0, 0.05) is 0 Å². The molecule has 0 spiro atoms. The maximum Gasteiger partial charge on any atom is -1.00 e. The summed E-state index contributed by atoms with van der Waals surface area (Å²) in [4.78, 5) is 0. The van der Waals surface area contributed by atoms with Gasteiger partial charge in [0.15, 0.2) is 0 Å². The zero-order valence-corrected chi connectivity index (χ0v) is 14.6. The third-order valence-corrected chi connectivity index (χ3v) is 5.45. The molecule has 0 amide bonds. The fourth-order valence-corrected chi connectivity index (χ4v) is 4.43. The first-order valence-corrected chi connectivity index (χ1v) is 6.53. The summed E-state index contributed by atoms with van der Waals surface area (Å²) < 4.78 is 3.42. The first kappa shape index (κ1) is 25.8. The molecule has 2 aliphatic carbocycles. The predicted molar refractivity (Wildman–Crippen MR) is 43.7 cm³/mol. The van der Waals surface area contributed by atoms with E-state index in [1.165, 1.54) is 12.8 Å². The summed E-state index contributed by atoms with van der Waals surface area (Å²) >= 11 is -0.160. The minimum Gasteiger partial charge on any atom is -1.00 e. The van der Waals surface area contributed by atoms with Crippen molar-refractivity contribution in [2.45, 2.75) is 12.8 Å². The van der Waals surface area contributed by atoms with Crippen molar-refractivity contribution >= 4 is 0 Å². The largest absolute Gasteiger partial charge is 1.00 e. The molecule has 0 saturated carbocycles.